The van der Waals surface area contributed by atoms with Crippen LogP contribution in [0.2, 0.25) is 0 Å². The van der Waals surface area contributed by atoms with Crippen LogP contribution < -0.4 is 4.74 Å². The maximum Gasteiger partial charge on any atom is 0.119 e. The van der Waals surface area contributed by atoms with Gasteiger partial charge in [0.2, 0.25) is 0 Å². The van der Waals surface area contributed by atoms with Gasteiger partial charge in [0.25, 0.3) is 0 Å². The maximum atomic E-state index is 5.82. The molecule has 1 atom stereocenters. The molecule has 0 saturated carbocycles. The fraction of sp³-hybridized carbons (Fsp3) is 0.368. The second-order valence-corrected chi connectivity index (χ2v) is 5.84. The molecule has 1 saturated heterocycles. The SMILES string of the molecule is Cc1ccc(CN2CCO[C@@H](COc3ccccc3)C2)cc1. The van der Waals surface area contributed by atoms with Crippen molar-refractivity contribution < 1.29 is 9.47 Å². The smallest absolute Gasteiger partial charge is 0.119 e. The molecular formula is C19H23NO2. The lowest BCUT2D eigenvalue weighted by atomic mass is 10.1. The van der Waals surface area contributed by atoms with E-state index in [9.17, 15) is 0 Å². The number of aryl methyl sites for hydroxylation is 1. The molecular weight excluding hydrogens is 274 g/mol. The Balaban J connectivity index is 1.49. The lowest BCUT2D eigenvalue weighted by molar-refractivity contribution is -0.0504. The molecule has 3 heteroatoms. The van der Waals surface area contributed by atoms with E-state index in [-0.39, 0.29) is 6.10 Å². The maximum absolute atomic E-state index is 5.82. The molecule has 1 aliphatic heterocycles. The Morgan fingerprint density at radius 1 is 1.09 bits per heavy atom. The highest BCUT2D eigenvalue weighted by molar-refractivity contribution is 5.22. The van der Waals surface area contributed by atoms with E-state index in [0.717, 1.165) is 32.0 Å². The van der Waals surface area contributed by atoms with Gasteiger partial charge in [-0.1, -0.05) is 48.0 Å². The molecule has 1 aliphatic rings. The van der Waals surface area contributed by atoms with Gasteiger partial charge in [-0.15, -0.1) is 0 Å². The summed E-state index contributed by atoms with van der Waals surface area (Å²) < 4.78 is 11.6. The molecule has 0 unspecified atom stereocenters. The van der Waals surface area contributed by atoms with Crippen LogP contribution in [0, 0.1) is 6.92 Å². The molecule has 2 aromatic rings. The van der Waals surface area contributed by atoms with Crippen molar-refractivity contribution in [3.63, 3.8) is 0 Å². The molecule has 0 radical (unpaired) electrons. The predicted octanol–water partition coefficient (Wildman–Crippen LogP) is 3.27. The van der Waals surface area contributed by atoms with Crippen molar-refractivity contribution in [2.75, 3.05) is 26.3 Å². The van der Waals surface area contributed by atoms with E-state index < -0.39 is 0 Å². The number of para-hydroxylation sites is 1. The average molecular weight is 297 g/mol. The third-order valence-electron chi connectivity index (χ3n) is 3.93. The zero-order valence-corrected chi connectivity index (χ0v) is 13.1. The van der Waals surface area contributed by atoms with Crippen LogP contribution in [0.15, 0.2) is 54.6 Å². The minimum Gasteiger partial charge on any atom is -0.491 e. The molecule has 0 bridgehead atoms. The van der Waals surface area contributed by atoms with Gasteiger partial charge in [0.05, 0.1) is 6.61 Å². The van der Waals surface area contributed by atoms with Crippen LogP contribution in [0.1, 0.15) is 11.1 Å². The summed E-state index contributed by atoms with van der Waals surface area (Å²) in [4.78, 5) is 2.44. The van der Waals surface area contributed by atoms with E-state index in [2.05, 4.69) is 36.1 Å². The van der Waals surface area contributed by atoms with Gasteiger partial charge >= 0.3 is 0 Å². The van der Waals surface area contributed by atoms with E-state index in [0.29, 0.717) is 6.61 Å². The van der Waals surface area contributed by atoms with E-state index in [1.165, 1.54) is 11.1 Å². The van der Waals surface area contributed by atoms with Crippen LogP contribution in [-0.2, 0) is 11.3 Å². The van der Waals surface area contributed by atoms with Crippen LogP contribution in [0.4, 0.5) is 0 Å². The van der Waals surface area contributed by atoms with Crippen molar-refractivity contribution in [1.29, 1.82) is 0 Å². The molecule has 3 nitrogen and oxygen atoms in total. The van der Waals surface area contributed by atoms with Gasteiger partial charge in [-0.3, -0.25) is 4.90 Å². The Labute approximate surface area is 132 Å². The zero-order valence-electron chi connectivity index (χ0n) is 13.1. The number of morpholine rings is 1. The van der Waals surface area contributed by atoms with E-state index in [1.54, 1.807) is 0 Å². The summed E-state index contributed by atoms with van der Waals surface area (Å²) in [6.45, 7) is 6.38. The topological polar surface area (TPSA) is 21.7 Å². The molecule has 0 amide bonds. The van der Waals surface area contributed by atoms with E-state index >= 15 is 0 Å². The molecule has 0 spiro atoms. The Morgan fingerprint density at radius 2 is 1.86 bits per heavy atom. The predicted molar refractivity (Wildman–Crippen MR) is 88.1 cm³/mol. The van der Waals surface area contributed by atoms with Crippen molar-refractivity contribution in [2.24, 2.45) is 0 Å². The van der Waals surface area contributed by atoms with Gasteiger partial charge in [0.15, 0.2) is 0 Å². The average Bonchev–Trinajstić information content (AvgIpc) is 2.57. The zero-order chi connectivity index (χ0) is 15.2. The second-order valence-electron chi connectivity index (χ2n) is 5.84. The van der Waals surface area contributed by atoms with Gasteiger partial charge < -0.3 is 9.47 Å². The number of rotatable bonds is 5. The monoisotopic (exact) mass is 297 g/mol. The van der Waals surface area contributed by atoms with E-state index in [1.807, 2.05) is 30.3 Å². The lowest BCUT2D eigenvalue weighted by Crippen LogP contribution is -2.44. The highest BCUT2D eigenvalue weighted by Crippen LogP contribution is 2.14. The molecule has 1 heterocycles. The van der Waals surface area contributed by atoms with Gasteiger partial charge in [-0.25, -0.2) is 0 Å². The summed E-state index contributed by atoms with van der Waals surface area (Å²) in [5.74, 6) is 0.904. The van der Waals surface area contributed by atoms with Gasteiger partial charge in [-0.2, -0.15) is 0 Å². The van der Waals surface area contributed by atoms with Crippen molar-refractivity contribution in [1.82, 2.24) is 4.90 Å². The quantitative estimate of drug-likeness (QED) is 0.845. The number of hydrogen-bond acceptors (Lipinski definition) is 3. The van der Waals surface area contributed by atoms with Crippen molar-refractivity contribution >= 4 is 0 Å². The minimum absolute atomic E-state index is 0.138. The third-order valence-corrected chi connectivity index (χ3v) is 3.93. The molecule has 0 N–H and O–H groups in total. The van der Waals surface area contributed by atoms with Crippen LogP contribution in [0.3, 0.4) is 0 Å². The second kappa shape index (κ2) is 7.43. The Bertz CT molecular complexity index is 568. The largest absolute Gasteiger partial charge is 0.491 e. The summed E-state index contributed by atoms with van der Waals surface area (Å²) in [5, 5.41) is 0. The van der Waals surface area contributed by atoms with Gasteiger partial charge in [0, 0.05) is 19.6 Å². The first-order valence-corrected chi connectivity index (χ1v) is 7.87. The van der Waals surface area contributed by atoms with Crippen LogP contribution in [0.25, 0.3) is 0 Å². The van der Waals surface area contributed by atoms with Crippen LogP contribution in [0.5, 0.6) is 5.75 Å². The normalized spacial score (nSPS) is 19.0. The summed E-state index contributed by atoms with van der Waals surface area (Å²) in [7, 11) is 0. The molecule has 3 rings (SSSR count). The third kappa shape index (κ3) is 4.33. The Hall–Kier alpha value is -1.84. The Kier molecular flexibility index (Phi) is 5.09. The highest BCUT2D eigenvalue weighted by Gasteiger charge is 2.21. The summed E-state index contributed by atoms with van der Waals surface area (Å²) in [6, 6.07) is 18.7. The first-order valence-electron chi connectivity index (χ1n) is 7.87. The molecule has 1 fully saturated rings. The molecule has 0 aromatic heterocycles. The van der Waals surface area contributed by atoms with Crippen molar-refractivity contribution in [2.45, 2.75) is 19.6 Å². The molecule has 0 aliphatic carbocycles. The lowest BCUT2D eigenvalue weighted by Gasteiger charge is -2.32. The molecule has 22 heavy (non-hydrogen) atoms. The number of hydrogen-bond donors (Lipinski definition) is 0. The summed E-state index contributed by atoms with van der Waals surface area (Å²) >= 11 is 0. The van der Waals surface area contributed by atoms with Crippen LogP contribution >= 0.6 is 0 Å². The van der Waals surface area contributed by atoms with Gasteiger partial charge in [-0.05, 0) is 24.6 Å². The molecule has 116 valence electrons. The number of ether oxygens (including phenoxy) is 2. The van der Waals surface area contributed by atoms with Crippen molar-refractivity contribution in [3.8, 4) is 5.75 Å². The minimum atomic E-state index is 0.138. The number of benzene rings is 2. The first kappa shape index (κ1) is 15.1. The Morgan fingerprint density at radius 3 is 2.64 bits per heavy atom. The highest BCUT2D eigenvalue weighted by atomic mass is 16.5. The van der Waals surface area contributed by atoms with E-state index in [4.69, 9.17) is 9.47 Å². The summed E-state index contributed by atoms with van der Waals surface area (Å²) in [5.41, 5.74) is 2.66. The fourth-order valence-corrected chi connectivity index (χ4v) is 2.68. The van der Waals surface area contributed by atoms with Crippen molar-refractivity contribution in [3.05, 3.63) is 65.7 Å². The number of nitrogens with zero attached hydrogens (tertiary/aromatic N) is 1. The molecule has 2 aromatic carbocycles. The standard InChI is InChI=1S/C19H23NO2/c1-16-7-9-17(10-8-16)13-20-11-12-21-19(14-20)15-22-18-5-3-2-4-6-18/h2-10,19H,11-15H2,1H3/t19-/m1/s1. The summed E-state index contributed by atoms with van der Waals surface area (Å²) in [6.07, 6.45) is 0.138. The first-order chi connectivity index (χ1) is 10.8. The fourth-order valence-electron chi connectivity index (χ4n) is 2.68. The van der Waals surface area contributed by atoms with Gasteiger partial charge in [0.1, 0.15) is 18.5 Å². The van der Waals surface area contributed by atoms with Crippen LogP contribution in [-0.4, -0.2) is 37.3 Å².